The van der Waals surface area contributed by atoms with Gasteiger partial charge < -0.3 is 9.97 Å². The Kier molecular flexibility index (Phi) is 7.44. The number of aromatic nitrogens is 4. The molecule has 0 saturated heterocycles. The minimum Gasteiger partial charge on any atom is -0.184 e. The van der Waals surface area contributed by atoms with E-state index in [0.717, 1.165) is 62.2 Å². The van der Waals surface area contributed by atoms with Gasteiger partial charge >= 0.3 is 27.0 Å². The molecule has 6 heteroatoms. The summed E-state index contributed by atoms with van der Waals surface area (Å²) >= 11 is 0.847. The van der Waals surface area contributed by atoms with Crippen LogP contribution in [0.15, 0.2) is 78.9 Å². The third-order valence-corrected chi connectivity index (χ3v) is 4.65. The van der Waals surface area contributed by atoms with Crippen LogP contribution < -0.4 is 0 Å². The van der Waals surface area contributed by atoms with Gasteiger partial charge in [0.2, 0.25) is 0 Å². The maximum absolute atomic E-state index is 4.76. The predicted octanol–water partition coefficient (Wildman–Crippen LogP) is 6.83. The number of aromatic amines is 2. The SMILES string of the molecule is C1=Cc2cc3ccc(cc4ccc(cc5nc(cc1n2)C=C5)[nH]4)[nH]3.[Cl][Zn+].[c-]1ccccc1. The van der Waals surface area contributed by atoms with Crippen LogP contribution in [0.1, 0.15) is 22.8 Å². The maximum Gasteiger partial charge on any atom is -0.171 e. The second-order valence-electron chi connectivity index (χ2n) is 6.98. The normalized spacial score (nSPS) is 11.2. The first kappa shape index (κ1) is 21.9. The Balaban J connectivity index is 0.000000263. The number of hydrogen-bond acceptors (Lipinski definition) is 2. The first-order valence-electron chi connectivity index (χ1n) is 10.0. The van der Waals surface area contributed by atoms with Gasteiger partial charge in [0, 0.05) is 22.1 Å². The molecule has 8 bridgehead atoms. The van der Waals surface area contributed by atoms with Gasteiger partial charge in [0.25, 0.3) is 0 Å². The van der Waals surface area contributed by atoms with E-state index in [0.29, 0.717) is 0 Å². The van der Waals surface area contributed by atoms with Gasteiger partial charge in [-0.15, -0.1) is 0 Å². The summed E-state index contributed by atoms with van der Waals surface area (Å²) in [5, 5.41) is 0. The second-order valence-corrected chi connectivity index (χ2v) is 6.98. The molecule has 152 valence electrons. The summed E-state index contributed by atoms with van der Waals surface area (Å²) in [6.07, 6.45) is 8.05. The molecule has 0 unspecified atom stereocenters. The molecule has 0 spiro atoms. The molecule has 0 amide bonds. The minimum absolute atomic E-state index is 0.847. The molecule has 4 nitrogen and oxygen atoms in total. The Morgan fingerprint density at radius 3 is 1.34 bits per heavy atom. The van der Waals surface area contributed by atoms with E-state index in [4.69, 9.17) is 9.69 Å². The van der Waals surface area contributed by atoms with E-state index in [1.54, 1.807) is 0 Å². The standard InChI is InChI=1S/C20H14N4.C6H5.ClH.Zn/c1-2-14-10-16-5-6-18(23-16)12-20-8-7-19(24-20)11-17-4-3-15(22-17)9-13(1)21-14;1-2-4-6-5-3-1;;/h1-12,21-22H;1-5H;1H;/q;-1;;+2/p-1. The molecule has 2 aliphatic rings. The molecule has 0 fully saturated rings. The van der Waals surface area contributed by atoms with Crippen molar-refractivity contribution < 1.29 is 17.3 Å². The number of halogens is 1. The Morgan fingerprint density at radius 2 is 0.969 bits per heavy atom. The van der Waals surface area contributed by atoms with E-state index < -0.39 is 0 Å². The minimum atomic E-state index is 0.847. The molecule has 32 heavy (non-hydrogen) atoms. The van der Waals surface area contributed by atoms with E-state index in [9.17, 15) is 0 Å². The van der Waals surface area contributed by atoms with Crippen molar-refractivity contribution in [2.24, 2.45) is 0 Å². The topological polar surface area (TPSA) is 57.4 Å². The fourth-order valence-electron chi connectivity index (χ4n) is 3.29. The van der Waals surface area contributed by atoms with Gasteiger partial charge in [-0.25, -0.2) is 9.97 Å². The summed E-state index contributed by atoms with van der Waals surface area (Å²) in [6, 6.07) is 28.9. The number of H-pyrrole nitrogens is 2. The fraction of sp³-hybridized carbons (Fsp3) is 0. The first-order valence-corrected chi connectivity index (χ1v) is 13.9. The molecule has 2 aliphatic heterocycles. The van der Waals surface area contributed by atoms with Crippen molar-refractivity contribution in [3.8, 4) is 0 Å². The Morgan fingerprint density at radius 1 is 0.562 bits per heavy atom. The molecule has 0 aliphatic carbocycles. The summed E-state index contributed by atoms with van der Waals surface area (Å²) in [5.74, 6) is 0. The number of nitrogens with zero attached hydrogens (tertiary/aromatic N) is 2. The van der Waals surface area contributed by atoms with Crippen molar-refractivity contribution in [3.05, 3.63) is 108 Å². The quantitative estimate of drug-likeness (QED) is 0.182. The number of benzene rings is 1. The molecule has 2 N–H and O–H groups in total. The zero-order chi connectivity index (χ0) is 22.2. The molecule has 4 aromatic rings. The van der Waals surface area contributed by atoms with Gasteiger partial charge in [-0.3, -0.25) is 0 Å². The van der Waals surface area contributed by atoms with Gasteiger partial charge in [-0.05, 0) is 72.8 Å². The number of fused-ring (bicyclic) bond motifs is 8. The van der Waals surface area contributed by atoms with Crippen molar-refractivity contribution in [1.29, 1.82) is 0 Å². The summed E-state index contributed by atoms with van der Waals surface area (Å²) in [7, 11) is 4.76. The van der Waals surface area contributed by atoms with E-state index in [2.05, 4.69) is 56.3 Å². The third-order valence-electron chi connectivity index (χ3n) is 4.65. The van der Waals surface area contributed by atoms with Crippen LogP contribution >= 0.6 is 9.69 Å². The van der Waals surface area contributed by atoms with Crippen LogP contribution in [0.3, 0.4) is 0 Å². The first-order chi connectivity index (χ1) is 15.8. The van der Waals surface area contributed by atoms with Crippen LogP contribution in [0.5, 0.6) is 0 Å². The van der Waals surface area contributed by atoms with Crippen LogP contribution in [0.25, 0.3) is 46.4 Å². The molecule has 0 atom stereocenters. The Hall–Kier alpha value is -3.27. The van der Waals surface area contributed by atoms with Crippen LogP contribution in [0.4, 0.5) is 0 Å². The smallest absolute Gasteiger partial charge is 0.171 e. The van der Waals surface area contributed by atoms with E-state index in [-0.39, 0.29) is 0 Å². The van der Waals surface area contributed by atoms with E-state index in [1.165, 1.54) is 0 Å². The molecule has 0 radical (unpaired) electrons. The largest absolute Gasteiger partial charge is 0.184 e. The zero-order valence-electron chi connectivity index (χ0n) is 17.3. The van der Waals surface area contributed by atoms with E-state index >= 15 is 0 Å². The van der Waals surface area contributed by atoms with Crippen molar-refractivity contribution in [1.82, 2.24) is 19.9 Å². The van der Waals surface area contributed by atoms with Crippen LogP contribution in [0.2, 0.25) is 0 Å². The van der Waals surface area contributed by atoms with Crippen molar-refractivity contribution in [2.75, 3.05) is 0 Å². The molecule has 0 saturated carbocycles. The molecule has 5 heterocycles. The molecule has 6 rings (SSSR count). The predicted molar refractivity (Wildman–Crippen MR) is 130 cm³/mol. The fourth-order valence-corrected chi connectivity index (χ4v) is 3.29. The molecular weight excluding hydrogens is 469 g/mol. The van der Waals surface area contributed by atoms with Gasteiger partial charge in [0.05, 0.1) is 22.8 Å². The van der Waals surface area contributed by atoms with Gasteiger partial charge in [-0.2, -0.15) is 36.4 Å². The Labute approximate surface area is 200 Å². The van der Waals surface area contributed by atoms with Crippen LogP contribution in [0, 0.1) is 6.07 Å². The number of hydrogen-bond donors (Lipinski definition) is 2. The summed E-state index contributed by atoms with van der Waals surface area (Å²) in [5.41, 5.74) is 7.86. The summed E-state index contributed by atoms with van der Waals surface area (Å²) in [6.45, 7) is 0. The number of rotatable bonds is 0. The van der Waals surface area contributed by atoms with Gasteiger partial charge in [-0.1, -0.05) is 0 Å². The average Bonchev–Trinajstić information content (AvgIpc) is 3.63. The maximum atomic E-state index is 4.76. The third kappa shape index (κ3) is 5.91. The molecule has 3 aromatic heterocycles. The Bertz CT molecular complexity index is 1290. The van der Waals surface area contributed by atoms with E-state index in [1.807, 2.05) is 72.8 Å². The van der Waals surface area contributed by atoms with Crippen LogP contribution in [-0.4, -0.2) is 19.9 Å². The monoisotopic (exact) mass is 486 g/mol. The van der Waals surface area contributed by atoms with Gasteiger partial charge in [0.15, 0.2) is 0 Å². The second kappa shape index (κ2) is 10.9. The zero-order valence-corrected chi connectivity index (χ0v) is 21.0. The van der Waals surface area contributed by atoms with Crippen LogP contribution in [-0.2, 0) is 17.3 Å². The summed E-state index contributed by atoms with van der Waals surface area (Å²) in [4.78, 5) is 16.0. The van der Waals surface area contributed by atoms with Crippen molar-refractivity contribution >= 4 is 56.1 Å². The van der Waals surface area contributed by atoms with Gasteiger partial charge in [0.1, 0.15) is 0 Å². The average molecular weight is 488 g/mol. The van der Waals surface area contributed by atoms with Crippen molar-refractivity contribution in [2.45, 2.75) is 0 Å². The summed E-state index contributed by atoms with van der Waals surface area (Å²) < 4.78 is 0. The number of nitrogens with one attached hydrogen (secondary N) is 2. The van der Waals surface area contributed by atoms with Crippen molar-refractivity contribution in [3.63, 3.8) is 0 Å². The molecule has 1 aromatic carbocycles. The molecular formula is C26H19ClN4Zn.